The van der Waals surface area contributed by atoms with Crippen molar-refractivity contribution in [3.8, 4) is 5.75 Å². The fourth-order valence-electron chi connectivity index (χ4n) is 1.87. The molecule has 2 heterocycles. The van der Waals surface area contributed by atoms with Gasteiger partial charge in [0.15, 0.2) is 0 Å². The lowest BCUT2D eigenvalue weighted by atomic mass is 10.2. The molecule has 2 aromatic heterocycles. The second kappa shape index (κ2) is 5.78. The van der Waals surface area contributed by atoms with Crippen LogP contribution in [-0.4, -0.2) is 21.0 Å². The SMILES string of the molecule is O=C(OCc1nc2ccsc2c(=O)[nH]1)c1cc(Cl)ccc1O. The van der Waals surface area contributed by atoms with E-state index in [9.17, 15) is 14.7 Å². The molecular weight excluding hydrogens is 328 g/mol. The molecule has 0 aliphatic carbocycles. The van der Waals surface area contributed by atoms with Gasteiger partial charge in [0.25, 0.3) is 5.56 Å². The molecule has 0 atom stereocenters. The van der Waals surface area contributed by atoms with E-state index in [1.54, 1.807) is 11.4 Å². The largest absolute Gasteiger partial charge is 0.507 e. The van der Waals surface area contributed by atoms with E-state index in [-0.39, 0.29) is 29.3 Å². The highest BCUT2D eigenvalue weighted by Crippen LogP contribution is 2.22. The van der Waals surface area contributed by atoms with Crippen LogP contribution in [0.1, 0.15) is 16.2 Å². The van der Waals surface area contributed by atoms with E-state index in [1.807, 2.05) is 0 Å². The first kappa shape index (κ1) is 14.6. The predicted octanol–water partition coefficient (Wildman–Crippen LogP) is 2.70. The number of H-pyrrole nitrogens is 1. The van der Waals surface area contributed by atoms with Gasteiger partial charge in [0.1, 0.15) is 28.4 Å². The van der Waals surface area contributed by atoms with Crippen molar-refractivity contribution in [1.82, 2.24) is 9.97 Å². The van der Waals surface area contributed by atoms with Crippen molar-refractivity contribution in [1.29, 1.82) is 0 Å². The van der Waals surface area contributed by atoms with E-state index in [2.05, 4.69) is 9.97 Å². The van der Waals surface area contributed by atoms with Gasteiger partial charge < -0.3 is 14.8 Å². The summed E-state index contributed by atoms with van der Waals surface area (Å²) >= 11 is 7.06. The summed E-state index contributed by atoms with van der Waals surface area (Å²) in [5.41, 5.74) is 0.216. The number of hydrogen-bond donors (Lipinski definition) is 2. The van der Waals surface area contributed by atoms with E-state index in [1.165, 1.54) is 29.5 Å². The summed E-state index contributed by atoms with van der Waals surface area (Å²) in [6.45, 7) is -0.216. The van der Waals surface area contributed by atoms with Gasteiger partial charge in [-0.3, -0.25) is 4.79 Å². The molecule has 0 bridgehead atoms. The molecular formula is C14H9ClN2O4S. The number of thiophene rings is 1. The summed E-state index contributed by atoms with van der Waals surface area (Å²) in [6.07, 6.45) is 0. The summed E-state index contributed by atoms with van der Waals surface area (Å²) in [5.74, 6) is -0.761. The molecule has 8 heteroatoms. The highest BCUT2D eigenvalue weighted by atomic mass is 35.5. The van der Waals surface area contributed by atoms with Crippen molar-refractivity contribution in [2.24, 2.45) is 0 Å². The Balaban J connectivity index is 1.80. The van der Waals surface area contributed by atoms with Gasteiger partial charge in [-0.05, 0) is 29.6 Å². The van der Waals surface area contributed by atoms with E-state index in [4.69, 9.17) is 16.3 Å². The van der Waals surface area contributed by atoms with Gasteiger partial charge in [0, 0.05) is 5.02 Å². The van der Waals surface area contributed by atoms with Crippen LogP contribution in [0.15, 0.2) is 34.4 Å². The topological polar surface area (TPSA) is 92.3 Å². The molecule has 2 N–H and O–H groups in total. The summed E-state index contributed by atoms with van der Waals surface area (Å²) in [4.78, 5) is 30.5. The Morgan fingerprint density at radius 2 is 2.23 bits per heavy atom. The number of fused-ring (bicyclic) bond motifs is 1. The molecule has 0 aliphatic rings. The Labute approximate surface area is 133 Å². The van der Waals surface area contributed by atoms with Crippen LogP contribution in [0.3, 0.4) is 0 Å². The maximum Gasteiger partial charge on any atom is 0.342 e. The van der Waals surface area contributed by atoms with Gasteiger partial charge in [0.2, 0.25) is 0 Å². The molecule has 0 saturated heterocycles. The number of aromatic hydroxyl groups is 1. The molecule has 3 rings (SSSR count). The van der Waals surface area contributed by atoms with Crippen molar-refractivity contribution < 1.29 is 14.6 Å². The number of aromatic amines is 1. The van der Waals surface area contributed by atoms with Crippen molar-refractivity contribution in [3.05, 3.63) is 56.4 Å². The third-order valence-corrected chi connectivity index (χ3v) is 4.02. The van der Waals surface area contributed by atoms with Crippen LogP contribution in [0.25, 0.3) is 10.2 Å². The molecule has 0 amide bonds. The Kier molecular flexibility index (Phi) is 3.82. The number of ether oxygens (including phenoxy) is 1. The first-order valence-corrected chi connectivity index (χ1v) is 7.42. The smallest absolute Gasteiger partial charge is 0.342 e. The highest BCUT2D eigenvalue weighted by Gasteiger charge is 2.14. The first-order chi connectivity index (χ1) is 10.5. The van der Waals surface area contributed by atoms with E-state index >= 15 is 0 Å². The van der Waals surface area contributed by atoms with E-state index in [0.29, 0.717) is 15.2 Å². The van der Waals surface area contributed by atoms with Crippen LogP contribution < -0.4 is 5.56 Å². The summed E-state index contributed by atoms with van der Waals surface area (Å²) in [7, 11) is 0. The maximum absolute atomic E-state index is 11.9. The van der Waals surface area contributed by atoms with Crippen molar-refractivity contribution in [2.75, 3.05) is 0 Å². The lowest BCUT2D eigenvalue weighted by molar-refractivity contribution is 0.0459. The molecule has 22 heavy (non-hydrogen) atoms. The highest BCUT2D eigenvalue weighted by molar-refractivity contribution is 7.17. The second-order valence-corrected chi connectivity index (χ2v) is 5.74. The Morgan fingerprint density at radius 1 is 1.41 bits per heavy atom. The zero-order chi connectivity index (χ0) is 15.7. The summed E-state index contributed by atoms with van der Waals surface area (Å²) < 4.78 is 5.56. The molecule has 0 saturated carbocycles. The monoisotopic (exact) mass is 336 g/mol. The number of hydrogen-bond acceptors (Lipinski definition) is 6. The van der Waals surface area contributed by atoms with Gasteiger partial charge in [-0.15, -0.1) is 11.3 Å². The van der Waals surface area contributed by atoms with E-state index in [0.717, 1.165) is 0 Å². The number of halogens is 1. The van der Waals surface area contributed by atoms with Gasteiger partial charge >= 0.3 is 5.97 Å². The zero-order valence-corrected chi connectivity index (χ0v) is 12.6. The molecule has 0 fully saturated rings. The molecule has 0 radical (unpaired) electrons. The van der Waals surface area contributed by atoms with Gasteiger partial charge in [0.05, 0.1) is 5.52 Å². The summed E-state index contributed by atoms with van der Waals surface area (Å²) in [5, 5.41) is 11.7. The van der Waals surface area contributed by atoms with E-state index < -0.39 is 5.97 Å². The molecule has 0 aliphatic heterocycles. The molecule has 6 nitrogen and oxygen atoms in total. The van der Waals surface area contributed by atoms with Crippen LogP contribution in [0.4, 0.5) is 0 Å². The average molecular weight is 337 g/mol. The van der Waals surface area contributed by atoms with Crippen LogP contribution in [0.5, 0.6) is 5.75 Å². The Morgan fingerprint density at radius 3 is 3.05 bits per heavy atom. The van der Waals surface area contributed by atoms with Gasteiger partial charge in [-0.2, -0.15) is 0 Å². The second-order valence-electron chi connectivity index (χ2n) is 4.39. The maximum atomic E-state index is 11.9. The molecule has 1 aromatic carbocycles. The average Bonchev–Trinajstić information content (AvgIpc) is 2.96. The van der Waals surface area contributed by atoms with Crippen molar-refractivity contribution in [2.45, 2.75) is 6.61 Å². The fourth-order valence-corrected chi connectivity index (χ4v) is 2.77. The third-order valence-electron chi connectivity index (χ3n) is 2.88. The van der Waals surface area contributed by atoms with Crippen LogP contribution in [-0.2, 0) is 11.3 Å². The number of benzene rings is 1. The molecule has 0 unspecified atom stereocenters. The number of nitrogens with one attached hydrogen (secondary N) is 1. The quantitative estimate of drug-likeness (QED) is 0.717. The number of nitrogens with zero attached hydrogens (tertiary/aromatic N) is 1. The normalized spacial score (nSPS) is 10.8. The minimum Gasteiger partial charge on any atom is -0.507 e. The van der Waals surface area contributed by atoms with Crippen LogP contribution in [0, 0.1) is 0 Å². The van der Waals surface area contributed by atoms with Gasteiger partial charge in [-0.1, -0.05) is 11.6 Å². The Hall–Kier alpha value is -2.38. The number of carbonyl (C=O) groups excluding carboxylic acids is 1. The number of esters is 1. The fraction of sp³-hybridized carbons (Fsp3) is 0.0714. The van der Waals surface area contributed by atoms with Gasteiger partial charge in [-0.25, -0.2) is 9.78 Å². The number of carbonyl (C=O) groups is 1. The third kappa shape index (κ3) is 2.81. The number of aromatic nitrogens is 2. The van der Waals surface area contributed by atoms with Crippen LogP contribution in [0.2, 0.25) is 5.02 Å². The standard InChI is InChI=1S/C14H9ClN2O4S/c15-7-1-2-10(18)8(5-7)14(20)21-6-11-16-9-3-4-22-12(9)13(19)17-11/h1-5,18H,6H2,(H,16,17,19). The molecule has 3 aromatic rings. The van der Waals surface area contributed by atoms with Crippen molar-refractivity contribution >= 4 is 39.1 Å². The summed E-state index contributed by atoms with van der Waals surface area (Å²) in [6, 6.07) is 5.77. The molecule has 0 spiro atoms. The lowest BCUT2D eigenvalue weighted by Crippen LogP contribution is -2.13. The first-order valence-electron chi connectivity index (χ1n) is 6.16. The predicted molar refractivity (Wildman–Crippen MR) is 82.5 cm³/mol. The Bertz CT molecular complexity index is 919. The minimum absolute atomic E-state index is 0.0496. The zero-order valence-electron chi connectivity index (χ0n) is 11.0. The van der Waals surface area contributed by atoms with Crippen molar-refractivity contribution in [3.63, 3.8) is 0 Å². The minimum atomic E-state index is -0.756. The van der Waals surface area contributed by atoms with Crippen LogP contribution >= 0.6 is 22.9 Å². The number of rotatable bonds is 3. The number of phenolic OH excluding ortho intramolecular Hbond substituents is 1. The number of phenols is 1. The molecule has 112 valence electrons. The lowest BCUT2D eigenvalue weighted by Gasteiger charge is -2.06.